The Hall–Kier alpha value is -0.210. The van der Waals surface area contributed by atoms with E-state index in [1.807, 2.05) is 12.3 Å². The lowest BCUT2D eigenvalue weighted by molar-refractivity contribution is 0.758. The third kappa shape index (κ3) is 4.01. The first-order chi connectivity index (χ1) is 6.22. The van der Waals surface area contributed by atoms with Crippen molar-refractivity contribution >= 4 is 23.4 Å². The van der Waals surface area contributed by atoms with Crippen LogP contribution in [0.15, 0.2) is 23.4 Å². The van der Waals surface area contributed by atoms with E-state index in [0.717, 1.165) is 16.7 Å². The lowest BCUT2D eigenvalue weighted by Gasteiger charge is -2.05. The number of thioether (sulfide) groups is 1. The van der Waals surface area contributed by atoms with E-state index in [0.29, 0.717) is 5.92 Å². The Morgan fingerprint density at radius 2 is 2.38 bits per heavy atom. The number of aromatic nitrogens is 1. The molecule has 1 rings (SSSR count). The van der Waals surface area contributed by atoms with E-state index in [4.69, 9.17) is 11.6 Å². The molecule has 0 aliphatic carbocycles. The Bertz CT molecular complexity index is 265. The van der Waals surface area contributed by atoms with Crippen molar-refractivity contribution in [1.29, 1.82) is 0 Å². The van der Waals surface area contributed by atoms with Gasteiger partial charge in [0.15, 0.2) is 0 Å². The van der Waals surface area contributed by atoms with Gasteiger partial charge >= 0.3 is 0 Å². The minimum Gasteiger partial charge on any atom is -0.250 e. The first-order valence-electron chi connectivity index (χ1n) is 4.34. The van der Waals surface area contributed by atoms with Gasteiger partial charge in [-0.25, -0.2) is 4.98 Å². The van der Waals surface area contributed by atoms with Crippen molar-refractivity contribution in [2.24, 2.45) is 5.92 Å². The van der Waals surface area contributed by atoms with Crippen LogP contribution in [0.3, 0.4) is 0 Å². The van der Waals surface area contributed by atoms with Gasteiger partial charge < -0.3 is 0 Å². The zero-order valence-corrected chi connectivity index (χ0v) is 9.53. The number of pyridine rings is 1. The van der Waals surface area contributed by atoms with Crippen molar-refractivity contribution in [2.75, 3.05) is 11.6 Å². The Kier molecular flexibility index (Phi) is 4.60. The van der Waals surface area contributed by atoms with Gasteiger partial charge in [-0.3, -0.25) is 0 Å². The van der Waals surface area contributed by atoms with Crippen molar-refractivity contribution in [2.45, 2.75) is 18.9 Å². The fraction of sp³-hybridized carbons (Fsp3) is 0.500. The van der Waals surface area contributed by atoms with E-state index in [9.17, 15) is 0 Å². The summed E-state index contributed by atoms with van der Waals surface area (Å²) >= 11 is 7.49. The van der Waals surface area contributed by atoms with E-state index >= 15 is 0 Å². The Balaban J connectivity index is 2.45. The molecule has 0 saturated heterocycles. The minimum absolute atomic E-state index is 0.550. The Labute approximate surface area is 88.9 Å². The highest BCUT2D eigenvalue weighted by atomic mass is 35.5. The summed E-state index contributed by atoms with van der Waals surface area (Å²) in [7, 11) is 0. The number of aryl methyl sites for hydroxylation is 1. The number of alkyl halides is 1. The molecule has 1 aromatic heterocycles. The van der Waals surface area contributed by atoms with Crippen molar-refractivity contribution in [3.8, 4) is 0 Å². The normalized spacial score (nSPS) is 12.8. The van der Waals surface area contributed by atoms with E-state index in [2.05, 4.69) is 24.9 Å². The first-order valence-corrected chi connectivity index (χ1v) is 5.86. The van der Waals surface area contributed by atoms with Gasteiger partial charge in [0.05, 0.1) is 5.03 Å². The number of hydrogen-bond acceptors (Lipinski definition) is 2. The van der Waals surface area contributed by atoms with Crippen LogP contribution in [0.4, 0.5) is 0 Å². The summed E-state index contributed by atoms with van der Waals surface area (Å²) in [6.45, 7) is 4.23. The lowest BCUT2D eigenvalue weighted by Crippen LogP contribution is -1.99. The van der Waals surface area contributed by atoms with Gasteiger partial charge in [0, 0.05) is 17.8 Å². The second-order valence-corrected chi connectivity index (χ2v) is 4.59. The van der Waals surface area contributed by atoms with Crippen molar-refractivity contribution in [3.63, 3.8) is 0 Å². The SMILES string of the molecule is Cc1ccnc(SCC(C)CCl)c1. The monoisotopic (exact) mass is 215 g/mol. The molecule has 72 valence electrons. The topological polar surface area (TPSA) is 12.9 Å². The van der Waals surface area contributed by atoms with Crippen LogP contribution in [0.5, 0.6) is 0 Å². The van der Waals surface area contributed by atoms with Crippen molar-refractivity contribution < 1.29 is 0 Å². The van der Waals surface area contributed by atoms with Crippen molar-refractivity contribution in [1.82, 2.24) is 4.98 Å². The molecule has 0 spiro atoms. The molecule has 1 atom stereocenters. The highest BCUT2D eigenvalue weighted by molar-refractivity contribution is 7.99. The van der Waals surface area contributed by atoms with E-state index < -0.39 is 0 Å². The molecule has 1 unspecified atom stereocenters. The van der Waals surface area contributed by atoms with Gasteiger partial charge in [-0.1, -0.05) is 6.92 Å². The summed E-state index contributed by atoms with van der Waals surface area (Å²) in [5.74, 6) is 2.31. The summed E-state index contributed by atoms with van der Waals surface area (Å²) < 4.78 is 0. The molecule has 1 aromatic rings. The summed E-state index contributed by atoms with van der Waals surface area (Å²) in [4.78, 5) is 4.27. The molecule has 0 aromatic carbocycles. The lowest BCUT2D eigenvalue weighted by atomic mass is 10.3. The molecule has 0 radical (unpaired) electrons. The van der Waals surface area contributed by atoms with Gasteiger partial charge in [-0.05, 0) is 30.5 Å². The van der Waals surface area contributed by atoms with E-state index in [1.54, 1.807) is 11.8 Å². The van der Waals surface area contributed by atoms with Gasteiger partial charge in [-0.2, -0.15) is 0 Å². The number of halogens is 1. The molecule has 0 aliphatic rings. The van der Waals surface area contributed by atoms with Crippen LogP contribution in [-0.2, 0) is 0 Å². The van der Waals surface area contributed by atoms with E-state index in [-0.39, 0.29) is 0 Å². The molecule has 0 fully saturated rings. The van der Waals surface area contributed by atoms with Crippen molar-refractivity contribution in [3.05, 3.63) is 23.9 Å². The molecular formula is C10H14ClNS. The summed E-state index contributed by atoms with van der Waals surface area (Å²) in [6.07, 6.45) is 1.85. The van der Waals surface area contributed by atoms with Crippen LogP contribution in [0.1, 0.15) is 12.5 Å². The molecule has 3 heteroatoms. The zero-order chi connectivity index (χ0) is 9.68. The van der Waals surface area contributed by atoms with Crippen LogP contribution in [0, 0.1) is 12.8 Å². The predicted molar refractivity (Wildman–Crippen MR) is 59.6 cm³/mol. The van der Waals surface area contributed by atoms with Crippen LogP contribution in [0.25, 0.3) is 0 Å². The van der Waals surface area contributed by atoms with Crippen LogP contribution in [-0.4, -0.2) is 16.6 Å². The first kappa shape index (κ1) is 10.9. The third-order valence-electron chi connectivity index (χ3n) is 1.67. The quantitative estimate of drug-likeness (QED) is 0.565. The standard InChI is InChI=1S/C10H14ClNS/c1-8-3-4-12-10(5-8)13-7-9(2)6-11/h3-5,9H,6-7H2,1-2H3. The van der Waals surface area contributed by atoms with Crippen LogP contribution in [0.2, 0.25) is 0 Å². The predicted octanol–water partition coefficient (Wildman–Crippen LogP) is 3.36. The molecule has 1 nitrogen and oxygen atoms in total. The number of hydrogen-bond donors (Lipinski definition) is 0. The maximum absolute atomic E-state index is 5.72. The smallest absolute Gasteiger partial charge is 0.0962 e. The van der Waals surface area contributed by atoms with Crippen LogP contribution < -0.4 is 0 Å². The molecule has 0 aliphatic heterocycles. The maximum atomic E-state index is 5.72. The molecule has 13 heavy (non-hydrogen) atoms. The summed E-state index contributed by atoms with van der Waals surface area (Å²) in [6, 6.07) is 4.11. The fourth-order valence-electron chi connectivity index (χ4n) is 0.860. The average Bonchev–Trinajstić information content (AvgIpc) is 2.14. The second-order valence-electron chi connectivity index (χ2n) is 3.24. The highest BCUT2D eigenvalue weighted by Gasteiger charge is 2.01. The Morgan fingerprint density at radius 3 is 3.00 bits per heavy atom. The van der Waals surface area contributed by atoms with Gasteiger partial charge in [0.2, 0.25) is 0 Å². The van der Waals surface area contributed by atoms with Gasteiger partial charge in [-0.15, -0.1) is 23.4 Å². The molecule has 0 bridgehead atoms. The largest absolute Gasteiger partial charge is 0.250 e. The summed E-state index contributed by atoms with van der Waals surface area (Å²) in [5, 5.41) is 1.09. The number of nitrogens with zero attached hydrogens (tertiary/aromatic N) is 1. The molecule has 0 N–H and O–H groups in total. The second kappa shape index (κ2) is 5.51. The zero-order valence-electron chi connectivity index (χ0n) is 7.96. The molecule has 1 heterocycles. The minimum atomic E-state index is 0.550. The number of rotatable bonds is 4. The van der Waals surface area contributed by atoms with Gasteiger partial charge in [0.1, 0.15) is 0 Å². The Morgan fingerprint density at radius 1 is 1.62 bits per heavy atom. The van der Waals surface area contributed by atoms with Crippen LogP contribution >= 0.6 is 23.4 Å². The van der Waals surface area contributed by atoms with Gasteiger partial charge in [0.25, 0.3) is 0 Å². The van der Waals surface area contributed by atoms with E-state index in [1.165, 1.54) is 5.56 Å². The maximum Gasteiger partial charge on any atom is 0.0962 e. The highest BCUT2D eigenvalue weighted by Crippen LogP contribution is 2.19. The fourth-order valence-corrected chi connectivity index (χ4v) is 2.08. The molecular weight excluding hydrogens is 202 g/mol. The molecule has 0 amide bonds. The molecule has 0 saturated carbocycles. The third-order valence-corrected chi connectivity index (χ3v) is 3.45. The summed E-state index contributed by atoms with van der Waals surface area (Å²) in [5.41, 5.74) is 1.26. The average molecular weight is 216 g/mol.